The number of carbonyl (C=O) groups excluding carboxylic acids is 2. The van der Waals surface area contributed by atoms with E-state index in [0.717, 1.165) is 4.88 Å². The van der Waals surface area contributed by atoms with E-state index in [0.29, 0.717) is 4.88 Å². The SMILES string of the molecule is Cc1ccc(C(=O)NCC(=O)N[C@@H](C)CO)s1. The maximum absolute atomic E-state index is 11.6. The van der Waals surface area contributed by atoms with Gasteiger partial charge in [-0.15, -0.1) is 11.3 Å². The minimum absolute atomic E-state index is 0.0832. The fourth-order valence-corrected chi connectivity index (χ4v) is 1.96. The van der Waals surface area contributed by atoms with Gasteiger partial charge in [-0.3, -0.25) is 9.59 Å². The molecule has 5 nitrogen and oxygen atoms in total. The van der Waals surface area contributed by atoms with Gasteiger partial charge in [-0.1, -0.05) is 0 Å². The van der Waals surface area contributed by atoms with E-state index in [-0.39, 0.29) is 31.0 Å². The Bertz CT molecular complexity index is 403. The normalized spacial score (nSPS) is 11.9. The van der Waals surface area contributed by atoms with Gasteiger partial charge in [0, 0.05) is 10.9 Å². The Morgan fingerprint density at radius 2 is 2.18 bits per heavy atom. The zero-order valence-electron chi connectivity index (χ0n) is 9.82. The van der Waals surface area contributed by atoms with Crippen LogP contribution in [0.15, 0.2) is 12.1 Å². The molecule has 17 heavy (non-hydrogen) atoms. The Balaban J connectivity index is 2.36. The first-order valence-corrected chi connectivity index (χ1v) is 6.09. The number of rotatable bonds is 5. The minimum Gasteiger partial charge on any atom is -0.394 e. The van der Waals surface area contributed by atoms with Crippen LogP contribution in [0.25, 0.3) is 0 Å². The molecule has 1 atom stereocenters. The number of aryl methyl sites for hydroxylation is 1. The van der Waals surface area contributed by atoms with Crippen LogP contribution >= 0.6 is 11.3 Å². The Hall–Kier alpha value is -1.40. The quantitative estimate of drug-likeness (QED) is 0.708. The summed E-state index contributed by atoms with van der Waals surface area (Å²) in [4.78, 5) is 24.5. The summed E-state index contributed by atoms with van der Waals surface area (Å²) < 4.78 is 0. The minimum atomic E-state index is -0.312. The molecule has 0 unspecified atom stereocenters. The van der Waals surface area contributed by atoms with Crippen LogP contribution in [0.1, 0.15) is 21.5 Å². The molecule has 0 aliphatic heterocycles. The number of thiophene rings is 1. The highest BCUT2D eigenvalue weighted by Gasteiger charge is 2.10. The third-order valence-corrected chi connectivity index (χ3v) is 3.05. The van der Waals surface area contributed by atoms with Crippen molar-refractivity contribution in [3.05, 3.63) is 21.9 Å². The number of hydrogen-bond acceptors (Lipinski definition) is 4. The standard InChI is InChI=1S/C11H16N2O3S/c1-7(6-14)13-10(15)5-12-11(16)9-4-3-8(2)17-9/h3-4,7,14H,5-6H2,1-2H3,(H,12,16)(H,13,15)/t7-/m0/s1. The molecule has 6 heteroatoms. The molecule has 94 valence electrons. The third kappa shape index (κ3) is 4.54. The predicted molar refractivity (Wildman–Crippen MR) is 66.1 cm³/mol. The van der Waals surface area contributed by atoms with E-state index < -0.39 is 0 Å². The van der Waals surface area contributed by atoms with Crippen LogP contribution in [-0.2, 0) is 4.79 Å². The van der Waals surface area contributed by atoms with Gasteiger partial charge in [0.25, 0.3) is 5.91 Å². The molecule has 1 rings (SSSR count). The Morgan fingerprint density at radius 3 is 2.71 bits per heavy atom. The van der Waals surface area contributed by atoms with E-state index >= 15 is 0 Å². The fourth-order valence-electron chi connectivity index (χ4n) is 1.18. The smallest absolute Gasteiger partial charge is 0.261 e. The second kappa shape index (κ2) is 6.36. The van der Waals surface area contributed by atoms with Crippen molar-refractivity contribution in [2.24, 2.45) is 0 Å². The lowest BCUT2D eigenvalue weighted by molar-refractivity contribution is -0.121. The molecule has 0 saturated carbocycles. The zero-order valence-corrected chi connectivity index (χ0v) is 10.6. The lowest BCUT2D eigenvalue weighted by atomic mass is 10.3. The van der Waals surface area contributed by atoms with Gasteiger partial charge in [0.1, 0.15) is 0 Å². The highest BCUT2D eigenvalue weighted by Crippen LogP contribution is 2.14. The van der Waals surface area contributed by atoms with Crippen LogP contribution in [0, 0.1) is 6.92 Å². The van der Waals surface area contributed by atoms with Crippen molar-refractivity contribution in [2.45, 2.75) is 19.9 Å². The summed E-state index contributed by atoms with van der Waals surface area (Å²) in [7, 11) is 0. The average molecular weight is 256 g/mol. The second-order valence-electron chi connectivity index (χ2n) is 3.74. The molecule has 0 aromatic carbocycles. The summed E-state index contributed by atoms with van der Waals surface area (Å²) in [6.45, 7) is 3.39. The molecular weight excluding hydrogens is 240 g/mol. The first-order valence-electron chi connectivity index (χ1n) is 5.27. The van der Waals surface area contributed by atoms with E-state index in [2.05, 4.69) is 10.6 Å². The number of aliphatic hydroxyl groups is 1. The first kappa shape index (κ1) is 13.7. The van der Waals surface area contributed by atoms with Crippen LogP contribution in [0.5, 0.6) is 0 Å². The Morgan fingerprint density at radius 1 is 1.47 bits per heavy atom. The predicted octanol–water partition coefficient (Wildman–Crippen LogP) is 0.283. The maximum atomic E-state index is 11.6. The highest BCUT2D eigenvalue weighted by atomic mass is 32.1. The van der Waals surface area contributed by atoms with E-state index in [4.69, 9.17) is 5.11 Å². The number of carbonyl (C=O) groups is 2. The van der Waals surface area contributed by atoms with E-state index in [9.17, 15) is 9.59 Å². The van der Waals surface area contributed by atoms with Crippen LogP contribution in [-0.4, -0.2) is 36.1 Å². The number of amides is 2. The van der Waals surface area contributed by atoms with Gasteiger partial charge in [0.15, 0.2) is 0 Å². The number of aliphatic hydroxyl groups excluding tert-OH is 1. The largest absolute Gasteiger partial charge is 0.394 e. The van der Waals surface area contributed by atoms with Gasteiger partial charge in [-0.25, -0.2) is 0 Å². The molecule has 1 aromatic heterocycles. The lowest BCUT2D eigenvalue weighted by Crippen LogP contribution is -2.42. The first-order chi connectivity index (χ1) is 8.02. The van der Waals surface area contributed by atoms with Crippen molar-refractivity contribution in [3.63, 3.8) is 0 Å². The summed E-state index contributed by atoms with van der Waals surface area (Å²) in [6, 6.07) is 3.28. The molecule has 3 N–H and O–H groups in total. The van der Waals surface area contributed by atoms with E-state index in [1.807, 2.05) is 13.0 Å². The molecule has 1 heterocycles. The van der Waals surface area contributed by atoms with Gasteiger partial charge < -0.3 is 15.7 Å². The second-order valence-corrected chi connectivity index (χ2v) is 5.03. The van der Waals surface area contributed by atoms with Gasteiger partial charge in [0.2, 0.25) is 5.91 Å². The topological polar surface area (TPSA) is 78.4 Å². The summed E-state index contributed by atoms with van der Waals surface area (Å²) >= 11 is 1.38. The van der Waals surface area contributed by atoms with Gasteiger partial charge >= 0.3 is 0 Å². The zero-order chi connectivity index (χ0) is 12.8. The van der Waals surface area contributed by atoms with Crippen molar-refractivity contribution in [3.8, 4) is 0 Å². The van der Waals surface area contributed by atoms with Crippen molar-refractivity contribution in [1.82, 2.24) is 10.6 Å². The van der Waals surface area contributed by atoms with Gasteiger partial charge in [0.05, 0.1) is 18.0 Å². The summed E-state index contributed by atoms with van der Waals surface area (Å²) in [5.74, 6) is -0.567. The maximum Gasteiger partial charge on any atom is 0.261 e. The van der Waals surface area contributed by atoms with E-state index in [1.54, 1.807) is 13.0 Å². The van der Waals surface area contributed by atoms with Crippen molar-refractivity contribution < 1.29 is 14.7 Å². The molecular formula is C11H16N2O3S. The summed E-state index contributed by atoms with van der Waals surface area (Å²) in [5, 5.41) is 13.8. The van der Waals surface area contributed by atoms with Crippen LogP contribution in [0.4, 0.5) is 0 Å². The molecule has 0 saturated heterocycles. The van der Waals surface area contributed by atoms with Crippen molar-refractivity contribution in [2.75, 3.05) is 13.2 Å². The molecule has 0 bridgehead atoms. The Kier molecular flexibility index (Phi) is 5.11. The van der Waals surface area contributed by atoms with Crippen molar-refractivity contribution >= 4 is 23.2 Å². The van der Waals surface area contributed by atoms with E-state index in [1.165, 1.54) is 11.3 Å². The summed E-state index contributed by atoms with van der Waals surface area (Å²) in [6.07, 6.45) is 0. The van der Waals surface area contributed by atoms with Gasteiger partial charge in [-0.2, -0.15) is 0 Å². The number of nitrogens with one attached hydrogen (secondary N) is 2. The average Bonchev–Trinajstić information content (AvgIpc) is 2.72. The summed E-state index contributed by atoms with van der Waals surface area (Å²) in [5.41, 5.74) is 0. The Labute approximate surface area is 104 Å². The fraction of sp³-hybridized carbons (Fsp3) is 0.455. The lowest BCUT2D eigenvalue weighted by Gasteiger charge is -2.10. The van der Waals surface area contributed by atoms with Crippen LogP contribution < -0.4 is 10.6 Å². The van der Waals surface area contributed by atoms with Crippen molar-refractivity contribution in [1.29, 1.82) is 0 Å². The number of hydrogen-bond donors (Lipinski definition) is 3. The molecule has 0 spiro atoms. The van der Waals surface area contributed by atoms with Crippen LogP contribution in [0.2, 0.25) is 0 Å². The van der Waals surface area contributed by atoms with Gasteiger partial charge in [-0.05, 0) is 26.0 Å². The monoisotopic (exact) mass is 256 g/mol. The third-order valence-electron chi connectivity index (χ3n) is 2.05. The molecule has 0 aliphatic carbocycles. The molecule has 1 aromatic rings. The molecule has 0 aliphatic rings. The highest BCUT2D eigenvalue weighted by molar-refractivity contribution is 7.13. The molecule has 2 amide bonds. The molecule has 0 fully saturated rings. The van der Waals surface area contributed by atoms with Crippen LogP contribution in [0.3, 0.4) is 0 Å². The molecule has 0 radical (unpaired) electrons.